The SMILES string of the molecule is Cn1nncc1C(O)c1c(F)cccc1Cl. The number of halogens is 2. The minimum atomic E-state index is -1.17. The van der Waals surface area contributed by atoms with Crippen molar-refractivity contribution in [1.82, 2.24) is 15.0 Å². The summed E-state index contributed by atoms with van der Waals surface area (Å²) >= 11 is 5.84. The van der Waals surface area contributed by atoms with Crippen LogP contribution >= 0.6 is 11.6 Å². The number of aliphatic hydroxyl groups excluding tert-OH is 1. The minimum Gasteiger partial charge on any atom is -0.382 e. The molecule has 2 aromatic rings. The standard InChI is InChI=1S/C10H9ClFN3O/c1-15-8(5-13-14-15)10(16)9-6(11)3-2-4-7(9)12/h2-5,10,16H,1H3. The van der Waals surface area contributed by atoms with E-state index in [0.717, 1.165) is 0 Å². The molecule has 1 aromatic carbocycles. The van der Waals surface area contributed by atoms with Crippen LogP contribution in [0.4, 0.5) is 4.39 Å². The van der Waals surface area contributed by atoms with Crippen LogP contribution in [0.15, 0.2) is 24.4 Å². The van der Waals surface area contributed by atoms with E-state index >= 15 is 0 Å². The number of rotatable bonds is 2. The van der Waals surface area contributed by atoms with Crippen LogP contribution in [-0.2, 0) is 7.05 Å². The molecule has 1 atom stereocenters. The molecule has 0 fully saturated rings. The summed E-state index contributed by atoms with van der Waals surface area (Å²) in [6.45, 7) is 0. The fourth-order valence-corrected chi connectivity index (χ4v) is 1.73. The Labute approximate surface area is 96.3 Å². The molecule has 2 rings (SSSR count). The number of aliphatic hydroxyl groups is 1. The van der Waals surface area contributed by atoms with Gasteiger partial charge in [-0.25, -0.2) is 9.07 Å². The Bertz CT molecular complexity index is 494. The lowest BCUT2D eigenvalue weighted by molar-refractivity contribution is 0.204. The Morgan fingerprint density at radius 2 is 2.25 bits per heavy atom. The van der Waals surface area contributed by atoms with Gasteiger partial charge in [0.25, 0.3) is 0 Å². The lowest BCUT2D eigenvalue weighted by Crippen LogP contribution is -2.08. The Kier molecular flexibility index (Phi) is 2.89. The molecule has 0 aliphatic rings. The summed E-state index contributed by atoms with van der Waals surface area (Å²) in [6.07, 6.45) is 0.196. The maximum Gasteiger partial charge on any atom is 0.130 e. The maximum atomic E-state index is 13.5. The maximum absolute atomic E-state index is 13.5. The Morgan fingerprint density at radius 1 is 1.50 bits per heavy atom. The van der Waals surface area contributed by atoms with Crippen LogP contribution in [0, 0.1) is 5.82 Å². The normalized spacial score (nSPS) is 12.8. The predicted molar refractivity (Wildman–Crippen MR) is 56.5 cm³/mol. The van der Waals surface area contributed by atoms with Crippen molar-refractivity contribution in [3.05, 3.63) is 46.5 Å². The third-order valence-corrected chi connectivity index (χ3v) is 2.63. The molecule has 84 valence electrons. The monoisotopic (exact) mass is 241 g/mol. The number of benzene rings is 1. The first-order valence-corrected chi connectivity index (χ1v) is 4.95. The van der Waals surface area contributed by atoms with Crippen molar-refractivity contribution in [2.45, 2.75) is 6.10 Å². The smallest absolute Gasteiger partial charge is 0.130 e. The zero-order valence-electron chi connectivity index (χ0n) is 8.43. The summed E-state index contributed by atoms with van der Waals surface area (Å²) in [5.74, 6) is -0.554. The van der Waals surface area contributed by atoms with Crippen LogP contribution in [0.5, 0.6) is 0 Å². The molecule has 0 spiro atoms. The predicted octanol–water partition coefficient (Wildman–Crippen LogP) is 1.69. The average Bonchev–Trinajstić information content (AvgIpc) is 2.64. The highest BCUT2D eigenvalue weighted by Gasteiger charge is 2.21. The molecule has 1 N–H and O–H groups in total. The van der Waals surface area contributed by atoms with Crippen molar-refractivity contribution in [2.24, 2.45) is 7.05 Å². The third kappa shape index (κ3) is 1.79. The summed E-state index contributed by atoms with van der Waals surface area (Å²) in [4.78, 5) is 0. The van der Waals surface area contributed by atoms with E-state index < -0.39 is 11.9 Å². The summed E-state index contributed by atoms with van der Waals surface area (Å²) in [6, 6.07) is 4.25. The van der Waals surface area contributed by atoms with Gasteiger partial charge in [-0.1, -0.05) is 22.9 Å². The van der Waals surface area contributed by atoms with Crippen molar-refractivity contribution in [3.8, 4) is 0 Å². The van der Waals surface area contributed by atoms with Gasteiger partial charge in [-0.05, 0) is 12.1 Å². The Balaban J connectivity index is 2.49. The second-order valence-electron chi connectivity index (χ2n) is 3.32. The van der Waals surface area contributed by atoms with Crippen LogP contribution in [0.3, 0.4) is 0 Å². The largest absolute Gasteiger partial charge is 0.382 e. The van der Waals surface area contributed by atoms with Gasteiger partial charge in [-0.3, -0.25) is 0 Å². The van der Waals surface area contributed by atoms with E-state index in [9.17, 15) is 9.50 Å². The van der Waals surface area contributed by atoms with E-state index in [-0.39, 0.29) is 10.6 Å². The average molecular weight is 242 g/mol. The van der Waals surface area contributed by atoms with E-state index in [1.807, 2.05) is 0 Å². The summed E-state index contributed by atoms with van der Waals surface area (Å²) < 4.78 is 14.9. The van der Waals surface area contributed by atoms with E-state index in [0.29, 0.717) is 5.69 Å². The molecule has 0 bridgehead atoms. The molecule has 0 radical (unpaired) electrons. The molecule has 0 amide bonds. The molecule has 0 saturated carbocycles. The second-order valence-corrected chi connectivity index (χ2v) is 3.73. The minimum absolute atomic E-state index is 0.0366. The fraction of sp³-hybridized carbons (Fsp3) is 0.200. The molecule has 0 aliphatic carbocycles. The van der Waals surface area contributed by atoms with Crippen molar-refractivity contribution in [2.75, 3.05) is 0 Å². The Morgan fingerprint density at radius 3 is 2.81 bits per heavy atom. The van der Waals surface area contributed by atoms with Gasteiger partial charge < -0.3 is 5.11 Å². The number of aromatic nitrogens is 3. The van der Waals surface area contributed by atoms with Gasteiger partial charge >= 0.3 is 0 Å². The van der Waals surface area contributed by atoms with Gasteiger partial charge in [-0.2, -0.15) is 0 Å². The van der Waals surface area contributed by atoms with Gasteiger partial charge in [0.2, 0.25) is 0 Å². The summed E-state index contributed by atoms with van der Waals surface area (Å²) in [7, 11) is 1.61. The molecular weight excluding hydrogens is 233 g/mol. The molecule has 16 heavy (non-hydrogen) atoms. The second kappa shape index (κ2) is 4.19. The topological polar surface area (TPSA) is 50.9 Å². The zero-order chi connectivity index (χ0) is 11.7. The van der Waals surface area contributed by atoms with Crippen LogP contribution < -0.4 is 0 Å². The van der Waals surface area contributed by atoms with Crippen LogP contribution in [0.2, 0.25) is 5.02 Å². The lowest BCUT2D eigenvalue weighted by atomic mass is 10.1. The first-order valence-electron chi connectivity index (χ1n) is 4.58. The van der Waals surface area contributed by atoms with Gasteiger partial charge in [0.05, 0.1) is 11.9 Å². The lowest BCUT2D eigenvalue weighted by Gasteiger charge is -2.12. The van der Waals surface area contributed by atoms with Gasteiger partial charge in [-0.15, -0.1) is 5.10 Å². The van der Waals surface area contributed by atoms with E-state index in [2.05, 4.69) is 10.3 Å². The number of aryl methyl sites for hydroxylation is 1. The molecule has 4 nitrogen and oxygen atoms in total. The van der Waals surface area contributed by atoms with E-state index in [4.69, 9.17) is 11.6 Å². The fourth-order valence-electron chi connectivity index (χ4n) is 1.47. The first kappa shape index (κ1) is 11.0. The van der Waals surface area contributed by atoms with Gasteiger partial charge in [0.1, 0.15) is 11.9 Å². The van der Waals surface area contributed by atoms with Crippen LogP contribution in [0.25, 0.3) is 0 Å². The van der Waals surface area contributed by atoms with Crippen molar-refractivity contribution < 1.29 is 9.50 Å². The van der Waals surface area contributed by atoms with Crippen molar-refractivity contribution in [3.63, 3.8) is 0 Å². The summed E-state index contributed by atoms with van der Waals surface area (Å²) in [5, 5.41) is 17.5. The van der Waals surface area contributed by atoms with E-state index in [1.54, 1.807) is 7.05 Å². The highest BCUT2D eigenvalue weighted by molar-refractivity contribution is 6.31. The zero-order valence-corrected chi connectivity index (χ0v) is 9.19. The Hall–Kier alpha value is -1.46. The quantitative estimate of drug-likeness (QED) is 0.871. The molecule has 0 aliphatic heterocycles. The number of nitrogens with zero attached hydrogens (tertiary/aromatic N) is 3. The van der Waals surface area contributed by atoms with Crippen molar-refractivity contribution in [1.29, 1.82) is 0 Å². The molecule has 1 heterocycles. The molecule has 6 heteroatoms. The third-order valence-electron chi connectivity index (χ3n) is 2.30. The van der Waals surface area contributed by atoms with Gasteiger partial charge in [0.15, 0.2) is 0 Å². The number of hydrogen-bond acceptors (Lipinski definition) is 3. The van der Waals surface area contributed by atoms with Crippen LogP contribution in [0.1, 0.15) is 17.4 Å². The molecular formula is C10H9ClFN3O. The van der Waals surface area contributed by atoms with Gasteiger partial charge in [0, 0.05) is 17.6 Å². The van der Waals surface area contributed by atoms with Crippen molar-refractivity contribution >= 4 is 11.6 Å². The molecule has 1 unspecified atom stereocenters. The highest BCUT2D eigenvalue weighted by Crippen LogP contribution is 2.29. The first-order chi connectivity index (χ1) is 7.61. The number of hydrogen-bond donors (Lipinski definition) is 1. The highest BCUT2D eigenvalue weighted by atomic mass is 35.5. The summed E-state index contributed by atoms with van der Waals surface area (Å²) in [5.41, 5.74) is 0.418. The van der Waals surface area contributed by atoms with E-state index in [1.165, 1.54) is 29.1 Å². The molecule has 1 aromatic heterocycles. The van der Waals surface area contributed by atoms with Crippen LogP contribution in [-0.4, -0.2) is 20.1 Å². The molecule has 0 saturated heterocycles.